The molecule has 2 aromatic rings. The Morgan fingerprint density at radius 3 is 2.43 bits per heavy atom. The Morgan fingerprint density at radius 2 is 1.86 bits per heavy atom. The fraction of sp³-hybridized carbons (Fsp3) is 0.286. The first kappa shape index (κ1) is 19.6. The van der Waals surface area contributed by atoms with Crippen LogP contribution in [0.2, 0.25) is 0 Å². The molecule has 1 aliphatic rings. The van der Waals surface area contributed by atoms with Crippen LogP contribution in [-0.2, 0) is 9.59 Å². The largest absolute Gasteiger partial charge is 0.497 e. The van der Waals surface area contributed by atoms with Crippen LogP contribution in [0.1, 0.15) is 23.3 Å². The lowest BCUT2D eigenvalue weighted by Crippen LogP contribution is -2.34. The van der Waals surface area contributed by atoms with Crippen molar-refractivity contribution in [3.05, 3.63) is 46.9 Å². The molecule has 1 amide bonds. The van der Waals surface area contributed by atoms with E-state index in [2.05, 4.69) is 11.4 Å². The number of hydrogen-bond donors (Lipinski definition) is 2. The average Bonchev–Trinajstić information content (AvgIpc) is 3.02. The van der Waals surface area contributed by atoms with Crippen LogP contribution in [0.3, 0.4) is 0 Å². The Kier molecular flexibility index (Phi) is 5.81. The summed E-state index contributed by atoms with van der Waals surface area (Å²) in [6, 6.07) is 9.56. The molecule has 0 unspecified atom stereocenters. The van der Waals surface area contributed by atoms with E-state index in [1.165, 1.54) is 11.3 Å². The number of ether oxygens (including phenoxy) is 1. The van der Waals surface area contributed by atoms with Crippen molar-refractivity contribution in [3.8, 4) is 22.9 Å². The number of nitrogens with one attached hydrogen (secondary N) is 1. The molecule has 0 radical (unpaired) electrons. The molecular weight excluding hydrogens is 376 g/mol. The van der Waals surface area contributed by atoms with Gasteiger partial charge in [0.2, 0.25) is 5.91 Å². The quantitative estimate of drug-likeness (QED) is 0.738. The number of hydrogen-bond acceptors (Lipinski definition) is 5. The number of nitriles is 1. The number of anilines is 1. The van der Waals surface area contributed by atoms with Gasteiger partial charge >= 0.3 is 5.97 Å². The van der Waals surface area contributed by atoms with Gasteiger partial charge in [-0.15, -0.1) is 11.3 Å². The summed E-state index contributed by atoms with van der Waals surface area (Å²) in [5.41, 5.74) is 2.01. The van der Waals surface area contributed by atoms with Crippen LogP contribution in [-0.4, -0.2) is 24.1 Å². The van der Waals surface area contributed by atoms with Gasteiger partial charge in [0.05, 0.1) is 24.5 Å². The van der Waals surface area contributed by atoms with Gasteiger partial charge in [-0.1, -0.05) is 24.3 Å². The number of aryl methyl sites for hydroxylation is 1. The van der Waals surface area contributed by atoms with Gasteiger partial charge in [0.1, 0.15) is 16.8 Å². The molecule has 1 aliphatic carbocycles. The predicted molar refractivity (Wildman–Crippen MR) is 107 cm³/mol. The van der Waals surface area contributed by atoms with Gasteiger partial charge in [0.15, 0.2) is 0 Å². The van der Waals surface area contributed by atoms with Crippen molar-refractivity contribution in [2.24, 2.45) is 11.8 Å². The number of carboxylic acid groups (broad SMARTS) is 1. The zero-order valence-corrected chi connectivity index (χ0v) is 16.4. The summed E-state index contributed by atoms with van der Waals surface area (Å²) < 4.78 is 5.17. The van der Waals surface area contributed by atoms with Crippen molar-refractivity contribution in [1.82, 2.24) is 0 Å². The van der Waals surface area contributed by atoms with Crippen molar-refractivity contribution in [1.29, 1.82) is 5.26 Å². The van der Waals surface area contributed by atoms with E-state index in [-0.39, 0.29) is 5.91 Å². The van der Waals surface area contributed by atoms with E-state index in [1.54, 1.807) is 13.2 Å². The second-order valence-electron chi connectivity index (χ2n) is 6.56. The van der Waals surface area contributed by atoms with Crippen LogP contribution < -0.4 is 10.1 Å². The molecule has 1 aromatic heterocycles. The number of nitrogens with zero attached hydrogens (tertiary/aromatic N) is 1. The average molecular weight is 396 g/mol. The minimum atomic E-state index is -0.980. The minimum Gasteiger partial charge on any atom is -0.497 e. The van der Waals surface area contributed by atoms with Crippen molar-refractivity contribution < 1.29 is 19.4 Å². The third kappa shape index (κ3) is 3.78. The van der Waals surface area contributed by atoms with Crippen molar-refractivity contribution >= 4 is 28.2 Å². The molecule has 0 bridgehead atoms. The molecule has 144 valence electrons. The topological polar surface area (TPSA) is 99.4 Å². The van der Waals surface area contributed by atoms with Crippen molar-refractivity contribution in [2.45, 2.75) is 19.8 Å². The van der Waals surface area contributed by atoms with E-state index in [9.17, 15) is 20.0 Å². The standard InChI is InChI=1S/C21H20N2O4S/c1-12-18(13-7-9-14(27-2)10-8-13)17(11-22)20(28-12)23-19(24)15-5-3-4-6-16(15)21(25)26/h3-4,7-10,15-16H,5-6H2,1-2H3,(H,23,24)(H,25,26)/t15-,16-/m1/s1. The summed E-state index contributed by atoms with van der Waals surface area (Å²) in [7, 11) is 1.59. The van der Waals surface area contributed by atoms with Crippen molar-refractivity contribution in [2.75, 3.05) is 12.4 Å². The van der Waals surface area contributed by atoms with Crippen LogP contribution in [0.4, 0.5) is 5.00 Å². The van der Waals surface area contributed by atoms with Crippen LogP contribution in [0.5, 0.6) is 5.75 Å². The monoisotopic (exact) mass is 396 g/mol. The van der Waals surface area contributed by atoms with E-state index in [4.69, 9.17) is 4.74 Å². The molecule has 2 atom stereocenters. The number of allylic oxidation sites excluding steroid dienone is 2. The Morgan fingerprint density at radius 1 is 1.21 bits per heavy atom. The van der Waals surface area contributed by atoms with E-state index in [1.807, 2.05) is 37.3 Å². The lowest BCUT2D eigenvalue weighted by molar-refractivity contribution is -0.146. The molecule has 0 saturated heterocycles. The molecule has 0 saturated carbocycles. The Hall–Kier alpha value is -3.11. The summed E-state index contributed by atoms with van der Waals surface area (Å²) in [5.74, 6) is -2.03. The number of benzene rings is 1. The first-order valence-electron chi connectivity index (χ1n) is 8.82. The molecule has 1 heterocycles. The number of thiophene rings is 1. The summed E-state index contributed by atoms with van der Waals surface area (Å²) in [6.07, 6.45) is 4.33. The number of aliphatic carboxylic acids is 1. The van der Waals surface area contributed by atoms with E-state index in [0.717, 1.165) is 16.0 Å². The zero-order chi connectivity index (χ0) is 20.3. The molecule has 7 heteroatoms. The smallest absolute Gasteiger partial charge is 0.307 e. The first-order valence-corrected chi connectivity index (χ1v) is 9.64. The first-order chi connectivity index (χ1) is 13.5. The highest BCUT2D eigenvalue weighted by Gasteiger charge is 2.34. The lowest BCUT2D eigenvalue weighted by atomic mass is 9.82. The number of amides is 1. The normalized spacial score (nSPS) is 18.3. The molecule has 0 fully saturated rings. The molecule has 1 aromatic carbocycles. The maximum absolute atomic E-state index is 12.8. The summed E-state index contributed by atoms with van der Waals surface area (Å²) in [6.45, 7) is 1.89. The summed E-state index contributed by atoms with van der Waals surface area (Å²) in [4.78, 5) is 25.1. The van der Waals surface area contributed by atoms with Gasteiger partial charge in [-0.25, -0.2) is 0 Å². The second-order valence-corrected chi connectivity index (χ2v) is 7.79. The van der Waals surface area contributed by atoms with Crippen LogP contribution in [0, 0.1) is 30.1 Å². The number of methoxy groups -OCH3 is 1. The van der Waals surface area contributed by atoms with Gasteiger partial charge in [-0.05, 0) is 37.5 Å². The Balaban J connectivity index is 1.91. The molecule has 3 rings (SSSR count). The van der Waals surface area contributed by atoms with Crippen LogP contribution in [0.15, 0.2) is 36.4 Å². The summed E-state index contributed by atoms with van der Waals surface area (Å²) >= 11 is 1.32. The molecule has 0 aliphatic heterocycles. The Labute approximate surface area is 167 Å². The third-order valence-electron chi connectivity index (χ3n) is 4.90. The molecule has 2 N–H and O–H groups in total. The van der Waals surface area contributed by atoms with Gasteiger partial charge in [-0.3, -0.25) is 9.59 Å². The highest BCUT2D eigenvalue weighted by molar-refractivity contribution is 7.17. The summed E-state index contributed by atoms with van der Waals surface area (Å²) in [5, 5.41) is 22.4. The molecule has 6 nitrogen and oxygen atoms in total. The number of carbonyl (C=O) groups excluding carboxylic acids is 1. The number of carbonyl (C=O) groups is 2. The maximum atomic E-state index is 12.8. The second kappa shape index (κ2) is 8.28. The Bertz CT molecular complexity index is 970. The third-order valence-corrected chi connectivity index (χ3v) is 5.92. The minimum absolute atomic E-state index is 0.332. The van der Waals surface area contributed by atoms with Gasteiger partial charge < -0.3 is 15.2 Å². The SMILES string of the molecule is COc1ccc(-c2c(C)sc(NC(=O)[C@@H]3CC=CC[C@H]3C(=O)O)c2C#N)cc1. The predicted octanol–water partition coefficient (Wildman–Crippen LogP) is 4.21. The van der Waals surface area contributed by atoms with Crippen molar-refractivity contribution in [3.63, 3.8) is 0 Å². The lowest BCUT2D eigenvalue weighted by Gasteiger charge is -2.23. The van der Waals surface area contributed by atoms with E-state index >= 15 is 0 Å². The highest BCUT2D eigenvalue weighted by atomic mass is 32.1. The van der Waals surface area contributed by atoms with Gasteiger partial charge in [0, 0.05) is 10.4 Å². The molecular formula is C21H20N2O4S. The van der Waals surface area contributed by atoms with E-state index in [0.29, 0.717) is 29.2 Å². The molecule has 28 heavy (non-hydrogen) atoms. The number of rotatable bonds is 5. The maximum Gasteiger partial charge on any atom is 0.307 e. The van der Waals surface area contributed by atoms with Crippen LogP contribution >= 0.6 is 11.3 Å². The number of carboxylic acids is 1. The fourth-order valence-electron chi connectivity index (χ4n) is 3.43. The van der Waals surface area contributed by atoms with Crippen LogP contribution in [0.25, 0.3) is 11.1 Å². The zero-order valence-electron chi connectivity index (χ0n) is 15.6. The molecule has 0 spiro atoms. The van der Waals surface area contributed by atoms with Gasteiger partial charge in [0.25, 0.3) is 0 Å². The fourth-order valence-corrected chi connectivity index (χ4v) is 4.46. The van der Waals surface area contributed by atoms with E-state index < -0.39 is 17.8 Å². The van der Waals surface area contributed by atoms with Gasteiger partial charge in [-0.2, -0.15) is 5.26 Å². The highest BCUT2D eigenvalue weighted by Crippen LogP contribution is 2.40.